The maximum absolute atomic E-state index is 15.3. The molecule has 0 bridgehead atoms. The molecule has 0 spiro atoms. The molecule has 0 aliphatic carbocycles. The van der Waals surface area contributed by atoms with Crippen LogP contribution in [0.15, 0.2) is 65.5 Å². The Labute approximate surface area is 201 Å². The fraction of sp³-hybridized carbons (Fsp3) is 0.259. The van der Waals surface area contributed by atoms with E-state index in [0.29, 0.717) is 37.2 Å². The molecular weight excluding hydrogens is 453 g/mol. The van der Waals surface area contributed by atoms with Crippen LogP contribution in [0.3, 0.4) is 0 Å². The van der Waals surface area contributed by atoms with Crippen molar-refractivity contribution in [1.29, 1.82) is 0 Å². The number of anilines is 1. The van der Waals surface area contributed by atoms with E-state index < -0.39 is 11.4 Å². The van der Waals surface area contributed by atoms with Gasteiger partial charge in [-0.1, -0.05) is 24.3 Å². The SMILES string of the molecule is Cc1ccc2c(n1)c(N1CCN(C(c3ccc(F)cc3)c3ccc(F)cc3)CC1)c(F)c(=O)n2C. The minimum absolute atomic E-state index is 0.219. The highest BCUT2D eigenvalue weighted by atomic mass is 19.1. The molecule has 0 N–H and O–H groups in total. The van der Waals surface area contributed by atoms with Gasteiger partial charge in [0.25, 0.3) is 5.56 Å². The highest BCUT2D eigenvalue weighted by molar-refractivity contribution is 5.88. The zero-order chi connectivity index (χ0) is 24.7. The summed E-state index contributed by atoms with van der Waals surface area (Å²) < 4.78 is 43.8. The molecule has 35 heavy (non-hydrogen) atoms. The lowest BCUT2D eigenvalue weighted by Crippen LogP contribution is -2.48. The van der Waals surface area contributed by atoms with Crippen LogP contribution in [0.25, 0.3) is 11.0 Å². The van der Waals surface area contributed by atoms with Gasteiger partial charge in [0.1, 0.15) is 22.8 Å². The van der Waals surface area contributed by atoms with Gasteiger partial charge in [-0.25, -0.2) is 13.8 Å². The number of pyridine rings is 2. The molecule has 1 aliphatic heterocycles. The maximum atomic E-state index is 15.3. The van der Waals surface area contributed by atoms with Crippen molar-refractivity contribution in [1.82, 2.24) is 14.5 Å². The van der Waals surface area contributed by atoms with E-state index in [1.165, 1.54) is 28.8 Å². The molecule has 180 valence electrons. The number of rotatable bonds is 4. The predicted molar refractivity (Wildman–Crippen MR) is 130 cm³/mol. The first kappa shape index (κ1) is 23.1. The topological polar surface area (TPSA) is 41.4 Å². The van der Waals surface area contributed by atoms with Crippen LogP contribution in [0.4, 0.5) is 18.9 Å². The number of halogens is 3. The van der Waals surface area contributed by atoms with Crippen LogP contribution in [-0.2, 0) is 7.05 Å². The lowest BCUT2D eigenvalue weighted by Gasteiger charge is -2.40. The van der Waals surface area contributed by atoms with Gasteiger partial charge in [-0.3, -0.25) is 9.69 Å². The van der Waals surface area contributed by atoms with Crippen molar-refractivity contribution in [3.63, 3.8) is 0 Å². The Morgan fingerprint density at radius 3 is 1.89 bits per heavy atom. The summed E-state index contributed by atoms with van der Waals surface area (Å²) in [6.07, 6.45) is 0. The largest absolute Gasteiger partial charge is 0.365 e. The molecule has 5 rings (SSSR count). The highest BCUT2D eigenvalue weighted by Crippen LogP contribution is 2.33. The smallest absolute Gasteiger partial charge is 0.289 e. The second kappa shape index (κ2) is 9.19. The van der Waals surface area contributed by atoms with Crippen LogP contribution in [0.2, 0.25) is 0 Å². The van der Waals surface area contributed by atoms with Crippen molar-refractivity contribution >= 4 is 16.7 Å². The number of aromatic nitrogens is 2. The predicted octanol–water partition coefficient (Wildman–Crippen LogP) is 4.57. The van der Waals surface area contributed by atoms with Gasteiger partial charge in [-0.05, 0) is 54.4 Å². The van der Waals surface area contributed by atoms with Crippen molar-refractivity contribution < 1.29 is 13.2 Å². The number of nitrogens with zero attached hydrogens (tertiary/aromatic N) is 4. The van der Waals surface area contributed by atoms with Gasteiger partial charge in [0.05, 0.1) is 11.6 Å². The molecular formula is C27H25F3N4O. The van der Waals surface area contributed by atoms with E-state index in [1.54, 1.807) is 43.4 Å². The van der Waals surface area contributed by atoms with Crippen LogP contribution >= 0.6 is 0 Å². The van der Waals surface area contributed by atoms with Gasteiger partial charge >= 0.3 is 0 Å². The van der Waals surface area contributed by atoms with Crippen molar-refractivity contribution in [3.8, 4) is 0 Å². The van der Waals surface area contributed by atoms with Crippen molar-refractivity contribution in [3.05, 3.63) is 105 Å². The molecule has 0 saturated carbocycles. The van der Waals surface area contributed by atoms with Crippen LogP contribution < -0.4 is 10.5 Å². The Bertz CT molecular complexity index is 1380. The van der Waals surface area contributed by atoms with E-state index in [9.17, 15) is 13.6 Å². The molecule has 2 aromatic heterocycles. The Hall–Kier alpha value is -3.65. The molecule has 2 aromatic carbocycles. The van der Waals surface area contributed by atoms with Crippen LogP contribution in [0, 0.1) is 24.4 Å². The van der Waals surface area contributed by atoms with Gasteiger partial charge in [0.2, 0.25) is 5.82 Å². The zero-order valence-corrected chi connectivity index (χ0v) is 19.5. The summed E-state index contributed by atoms with van der Waals surface area (Å²) in [5, 5.41) is 0. The van der Waals surface area contributed by atoms with Crippen LogP contribution in [0.1, 0.15) is 22.9 Å². The van der Waals surface area contributed by atoms with E-state index in [1.807, 2.05) is 11.8 Å². The molecule has 8 heteroatoms. The summed E-state index contributed by atoms with van der Waals surface area (Å²) in [5.41, 5.74) is 3.09. The number of piperazine rings is 1. The second-order valence-corrected chi connectivity index (χ2v) is 8.88. The number of aryl methyl sites for hydroxylation is 2. The molecule has 0 radical (unpaired) electrons. The minimum Gasteiger partial charge on any atom is -0.365 e. The number of benzene rings is 2. The van der Waals surface area contributed by atoms with E-state index >= 15 is 4.39 Å². The molecule has 5 nitrogen and oxygen atoms in total. The first-order valence-electron chi connectivity index (χ1n) is 11.5. The minimum atomic E-state index is -0.805. The summed E-state index contributed by atoms with van der Waals surface area (Å²) in [7, 11) is 1.54. The van der Waals surface area contributed by atoms with E-state index in [4.69, 9.17) is 0 Å². The van der Waals surface area contributed by atoms with Gasteiger partial charge in [-0.2, -0.15) is 4.39 Å². The van der Waals surface area contributed by atoms with Gasteiger partial charge in [0, 0.05) is 38.9 Å². The summed E-state index contributed by atoms with van der Waals surface area (Å²) in [6, 6.07) is 16.0. The number of fused-ring (bicyclic) bond motifs is 1. The zero-order valence-electron chi connectivity index (χ0n) is 19.5. The number of hydrogen-bond acceptors (Lipinski definition) is 4. The van der Waals surface area contributed by atoms with E-state index in [2.05, 4.69) is 9.88 Å². The Morgan fingerprint density at radius 1 is 0.800 bits per heavy atom. The standard InChI is InChI=1S/C27H25F3N4O/c1-17-3-12-22-24(31-17)26(23(30)27(35)32(22)2)34-15-13-33(14-16-34)25(18-4-8-20(28)9-5-18)19-6-10-21(29)11-7-19/h3-12,25H,13-16H2,1-2H3. The summed E-state index contributed by atoms with van der Waals surface area (Å²) in [5.74, 6) is -1.46. The molecule has 3 heterocycles. The van der Waals surface area contributed by atoms with Gasteiger partial charge in [-0.15, -0.1) is 0 Å². The third-order valence-corrected chi connectivity index (χ3v) is 6.67. The van der Waals surface area contributed by atoms with Crippen LogP contribution in [-0.4, -0.2) is 40.6 Å². The maximum Gasteiger partial charge on any atom is 0.289 e. The summed E-state index contributed by atoms with van der Waals surface area (Å²) in [4.78, 5) is 21.2. The Kier molecular flexibility index (Phi) is 6.06. The monoisotopic (exact) mass is 478 g/mol. The molecule has 1 saturated heterocycles. The molecule has 0 atom stereocenters. The average molecular weight is 479 g/mol. The second-order valence-electron chi connectivity index (χ2n) is 8.88. The molecule has 4 aromatic rings. The first-order chi connectivity index (χ1) is 16.8. The van der Waals surface area contributed by atoms with Crippen LogP contribution in [0.5, 0.6) is 0 Å². The van der Waals surface area contributed by atoms with Crippen molar-refractivity contribution in [2.24, 2.45) is 7.05 Å². The summed E-state index contributed by atoms with van der Waals surface area (Å²) >= 11 is 0. The van der Waals surface area contributed by atoms with E-state index in [-0.39, 0.29) is 23.4 Å². The lowest BCUT2D eigenvalue weighted by molar-refractivity contribution is 0.212. The summed E-state index contributed by atoms with van der Waals surface area (Å²) in [6.45, 7) is 3.88. The molecule has 1 fully saturated rings. The fourth-order valence-electron chi connectivity index (χ4n) is 4.85. The highest BCUT2D eigenvalue weighted by Gasteiger charge is 2.30. The number of hydrogen-bond donors (Lipinski definition) is 0. The Morgan fingerprint density at radius 2 is 1.34 bits per heavy atom. The van der Waals surface area contributed by atoms with Gasteiger partial charge in [0.15, 0.2) is 0 Å². The fourth-order valence-corrected chi connectivity index (χ4v) is 4.85. The van der Waals surface area contributed by atoms with Gasteiger partial charge < -0.3 is 9.47 Å². The van der Waals surface area contributed by atoms with E-state index in [0.717, 1.165) is 16.8 Å². The van der Waals surface area contributed by atoms with Crippen molar-refractivity contribution in [2.75, 3.05) is 31.1 Å². The molecule has 0 amide bonds. The molecule has 0 unspecified atom stereocenters. The molecule has 1 aliphatic rings. The first-order valence-corrected chi connectivity index (χ1v) is 11.5. The lowest BCUT2D eigenvalue weighted by atomic mass is 9.96. The average Bonchev–Trinajstić information content (AvgIpc) is 2.86. The third-order valence-electron chi connectivity index (χ3n) is 6.67. The Balaban J connectivity index is 1.49. The quantitative estimate of drug-likeness (QED) is 0.431. The third kappa shape index (κ3) is 4.30. The van der Waals surface area contributed by atoms with Crippen molar-refractivity contribution in [2.45, 2.75) is 13.0 Å². The normalized spacial score (nSPS) is 14.7.